The third-order valence-electron chi connectivity index (χ3n) is 8.55. The fourth-order valence-electron chi connectivity index (χ4n) is 6.18. The van der Waals surface area contributed by atoms with Crippen molar-refractivity contribution in [1.82, 2.24) is 20.0 Å². The van der Waals surface area contributed by atoms with E-state index in [4.69, 9.17) is 18.9 Å². The summed E-state index contributed by atoms with van der Waals surface area (Å²) in [5.74, 6) is 0.457. The van der Waals surface area contributed by atoms with Crippen molar-refractivity contribution in [2.75, 3.05) is 53.6 Å². The van der Waals surface area contributed by atoms with E-state index < -0.39 is 17.2 Å². The number of nitrogens with zero attached hydrogens (tertiary/aromatic N) is 3. The van der Waals surface area contributed by atoms with E-state index in [1.165, 1.54) is 6.92 Å². The number of rotatable bonds is 16. The number of hydrogen-bond donors (Lipinski definition) is 1. The van der Waals surface area contributed by atoms with Gasteiger partial charge in [-0.3, -0.25) is 14.4 Å². The number of benzene rings is 1. The van der Waals surface area contributed by atoms with Gasteiger partial charge in [-0.1, -0.05) is 0 Å². The number of carbonyl (C=O) groups is 4. The van der Waals surface area contributed by atoms with Crippen LogP contribution in [0.15, 0.2) is 18.2 Å². The van der Waals surface area contributed by atoms with Crippen LogP contribution in [-0.4, -0.2) is 115 Å². The predicted octanol–water partition coefficient (Wildman–Crippen LogP) is 4.74. The summed E-state index contributed by atoms with van der Waals surface area (Å²) in [5.41, 5.74) is -0.882. The number of nitrogens with one attached hydrogen (secondary N) is 1. The van der Waals surface area contributed by atoms with Crippen LogP contribution in [-0.2, 0) is 19.1 Å². The number of amides is 4. The van der Waals surface area contributed by atoms with Gasteiger partial charge in [0.15, 0.2) is 11.5 Å². The maximum Gasteiger partial charge on any atom is 0.410 e. The summed E-state index contributed by atoms with van der Waals surface area (Å²) in [4.78, 5) is 58.3. The summed E-state index contributed by atoms with van der Waals surface area (Å²) in [6.07, 6.45) is 2.30. The molecule has 0 aromatic heterocycles. The fourth-order valence-corrected chi connectivity index (χ4v) is 6.18. The van der Waals surface area contributed by atoms with Gasteiger partial charge in [-0.25, -0.2) is 4.79 Å². The number of carbonyl (C=O) groups excluding carboxylic acids is 4. The molecule has 0 unspecified atom stereocenters. The first-order valence-corrected chi connectivity index (χ1v) is 17.1. The van der Waals surface area contributed by atoms with E-state index in [9.17, 15) is 19.2 Å². The van der Waals surface area contributed by atoms with E-state index in [1.54, 1.807) is 37.3 Å². The number of likely N-dealkylation sites (tertiary alicyclic amines) is 1. The molecule has 1 N–H and O–H groups in total. The van der Waals surface area contributed by atoms with Crippen LogP contribution in [0.25, 0.3) is 0 Å². The van der Waals surface area contributed by atoms with E-state index >= 15 is 0 Å². The van der Waals surface area contributed by atoms with E-state index in [2.05, 4.69) is 5.32 Å². The van der Waals surface area contributed by atoms with Gasteiger partial charge in [0.2, 0.25) is 11.8 Å². The molecule has 2 atom stereocenters. The number of ether oxygens (including phenoxy) is 4. The Morgan fingerprint density at radius 3 is 2.15 bits per heavy atom. The topological polar surface area (TPSA) is 127 Å². The Hall–Kier alpha value is -3.54. The highest BCUT2D eigenvalue weighted by Gasteiger charge is 2.43. The molecule has 270 valence electrons. The monoisotopic (exact) mass is 674 g/mol. The Morgan fingerprint density at radius 1 is 0.958 bits per heavy atom. The highest BCUT2D eigenvalue weighted by atomic mass is 16.6. The summed E-state index contributed by atoms with van der Waals surface area (Å²) < 4.78 is 22.3. The zero-order valence-corrected chi connectivity index (χ0v) is 30.7. The molecule has 3 rings (SSSR count). The molecule has 2 aliphatic rings. The first kappa shape index (κ1) is 38.9. The van der Waals surface area contributed by atoms with Crippen LogP contribution in [0.3, 0.4) is 0 Å². The van der Waals surface area contributed by atoms with Gasteiger partial charge >= 0.3 is 6.09 Å². The molecule has 12 nitrogen and oxygen atoms in total. The largest absolute Gasteiger partial charge is 0.493 e. The predicted molar refractivity (Wildman–Crippen MR) is 183 cm³/mol. The van der Waals surface area contributed by atoms with Crippen LogP contribution < -0.4 is 14.8 Å². The molecule has 2 fully saturated rings. The molecule has 1 aromatic rings. The standard InChI is InChI=1S/C36H58N4O8/c1-24(2)39(33(43)26-12-15-30(46-10)31(18-26)47-17-11-16-45-9)22-27-20-38(34(44)48-35(4,5)6)21-28(27)23-40(29-13-14-29)32(42)19-36(7,8)37-25(3)41/h12,15,18,24,27-29H,11,13-14,16-17,19-23H2,1-10H3,(H,37,41)/t27-,28-/m0/s1. The van der Waals surface area contributed by atoms with Crippen LogP contribution in [0.2, 0.25) is 0 Å². The maximum atomic E-state index is 14.1. The molecule has 48 heavy (non-hydrogen) atoms. The third kappa shape index (κ3) is 11.6. The molecule has 1 saturated carbocycles. The summed E-state index contributed by atoms with van der Waals surface area (Å²) in [6.45, 7) is 17.2. The summed E-state index contributed by atoms with van der Waals surface area (Å²) in [6, 6.07) is 5.18. The maximum absolute atomic E-state index is 14.1. The highest BCUT2D eigenvalue weighted by molar-refractivity contribution is 5.95. The number of hydrogen-bond acceptors (Lipinski definition) is 8. The molecule has 1 heterocycles. The van der Waals surface area contributed by atoms with Crippen LogP contribution in [0.4, 0.5) is 4.79 Å². The summed E-state index contributed by atoms with van der Waals surface area (Å²) in [7, 11) is 3.20. The van der Waals surface area contributed by atoms with Gasteiger partial charge in [-0.2, -0.15) is 0 Å². The van der Waals surface area contributed by atoms with Crippen molar-refractivity contribution in [2.24, 2.45) is 11.8 Å². The molecule has 1 aliphatic carbocycles. The van der Waals surface area contributed by atoms with E-state index in [0.717, 1.165) is 12.8 Å². The van der Waals surface area contributed by atoms with E-state index in [1.807, 2.05) is 58.3 Å². The Kier molecular flexibility index (Phi) is 13.5. The minimum absolute atomic E-state index is 0.0289. The lowest BCUT2D eigenvalue weighted by Gasteiger charge is -2.34. The van der Waals surface area contributed by atoms with Crippen LogP contribution in [0.5, 0.6) is 11.5 Å². The molecule has 12 heteroatoms. The first-order chi connectivity index (χ1) is 22.4. The second-order valence-corrected chi connectivity index (χ2v) is 15.0. The van der Waals surface area contributed by atoms with Crippen molar-refractivity contribution in [3.63, 3.8) is 0 Å². The average Bonchev–Trinajstić information content (AvgIpc) is 3.73. The molecule has 0 bridgehead atoms. The zero-order valence-electron chi connectivity index (χ0n) is 30.7. The van der Waals surface area contributed by atoms with Gasteiger partial charge in [0.1, 0.15) is 5.60 Å². The molecular weight excluding hydrogens is 616 g/mol. The lowest BCUT2D eigenvalue weighted by Crippen LogP contribution is -2.49. The Morgan fingerprint density at radius 2 is 1.60 bits per heavy atom. The second kappa shape index (κ2) is 16.7. The van der Waals surface area contributed by atoms with Gasteiger partial charge in [-0.05, 0) is 79.5 Å². The third-order valence-corrected chi connectivity index (χ3v) is 8.55. The van der Waals surface area contributed by atoms with Crippen molar-refractivity contribution in [3.05, 3.63) is 23.8 Å². The van der Waals surface area contributed by atoms with Crippen molar-refractivity contribution >= 4 is 23.8 Å². The number of methoxy groups -OCH3 is 2. The molecule has 1 aliphatic heterocycles. The SMILES string of the molecule is COCCCOc1cc(C(=O)N(C[C@@H]2CN(C(=O)OC(C)(C)C)C[C@H]2CN(C(=O)CC(C)(C)NC(C)=O)C2CC2)C(C)C)ccc1OC. The minimum atomic E-state index is -0.695. The second-order valence-electron chi connectivity index (χ2n) is 15.0. The first-order valence-electron chi connectivity index (χ1n) is 17.1. The van der Waals surface area contributed by atoms with Crippen LogP contribution in [0.1, 0.15) is 91.4 Å². The highest BCUT2D eigenvalue weighted by Crippen LogP contribution is 2.35. The Labute approximate surface area is 286 Å². The van der Waals surface area contributed by atoms with Gasteiger partial charge in [0.05, 0.1) is 13.7 Å². The lowest BCUT2D eigenvalue weighted by molar-refractivity contribution is -0.134. The Balaban J connectivity index is 1.87. The van der Waals surface area contributed by atoms with Gasteiger partial charge in [0.25, 0.3) is 5.91 Å². The molecule has 0 radical (unpaired) electrons. The quantitative estimate of drug-likeness (QED) is 0.249. The van der Waals surface area contributed by atoms with E-state index in [0.29, 0.717) is 62.9 Å². The minimum Gasteiger partial charge on any atom is -0.493 e. The normalized spacial score (nSPS) is 18.0. The fraction of sp³-hybridized carbons (Fsp3) is 0.722. The molecule has 4 amide bonds. The molecule has 1 aromatic carbocycles. The van der Waals surface area contributed by atoms with E-state index in [-0.39, 0.29) is 48.1 Å². The summed E-state index contributed by atoms with van der Waals surface area (Å²) >= 11 is 0. The molecule has 1 saturated heterocycles. The van der Waals surface area contributed by atoms with Crippen molar-refractivity contribution in [1.29, 1.82) is 0 Å². The lowest BCUT2D eigenvalue weighted by atomic mass is 9.93. The van der Waals surface area contributed by atoms with Crippen molar-refractivity contribution < 1.29 is 38.1 Å². The van der Waals surface area contributed by atoms with Crippen LogP contribution >= 0.6 is 0 Å². The van der Waals surface area contributed by atoms with Gasteiger partial charge < -0.3 is 39.0 Å². The molecule has 0 spiro atoms. The average molecular weight is 675 g/mol. The smallest absolute Gasteiger partial charge is 0.410 e. The van der Waals surface area contributed by atoms with Crippen LogP contribution in [0, 0.1) is 11.8 Å². The van der Waals surface area contributed by atoms with Crippen molar-refractivity contribution in [2.45, 2.75) is 104 Å². The summed E-state index contributed by atoms with van der Waals surface area (Å²) in [5, 5.41) is 2.88. The zero-order chi connectivity index (χ0) is 35.8. The van der Waals surface area contributed by atoms with Crippen molar-refractivity contribution in [3.8, 4) is 11.5 Å². The van der Waals surface area contributed by atoms with Gasteiger partial charge in [0, 0.05) is 94.7 Å². The van der Waals surface area contributed by atoms with Gasteiger partial charge in [-0.15, -0.1) is 0 Å². The molecular formula is C36H58N4O8. The Bertz CT molecular complexity index is 1270.